The lowest BCUT2D eigenvalue weighted by Crippen LogP contribution is -2.39. The molecule has 1 amide bonds. The number of carboxylic acids is 1. The molecule has 0 saturated carbocycles. The van der Waals surface area contributed by atoms with Crippen molar-refractivity contribution < 1.29 is 24.2 Å². The van der Waals surface area contributed by atoms with Crippen molar-refractivity contribution in [3.8, 4) is 11.1 Å². The average molecular weight is 440 g/mol. The SMILES string of the molecule is C[C@H](C[C@@H](Cc1ccc(-c2ccccc2)cc1)NC(=O)CCC(=O)OC(C)(C)C)C(=O)O. The Morgan fingerprint density at radius 2 is 1.53 bits per heavy atom. The molecule has 0 aliphatic heterocycles. The van der Waals surface area contributed by atoms with E-state index >= 15 is 0 Å². The van der Waals surface area contributed by atoms with Crippen molar-refractivity contribution in [3.05, 3.63) is 60.2 Å². The minimum atomic E-state index is -0.905. The van der Waals surface area contributed by atoms with Crippen LogP contribution in [0.5, 0.6) is 0 Å². The van der Waals surface area contributed by atoms with Crippen molar-refractivity contribution in [2.45, 2.75) is 65.0 Å². The number of hydrogen-bond acceptors (Lipinski definition) is 4. The Labute approximate surface area is 190 Å². The smallest absolute Gasteiger partial charge is 0.306 e. The van der Waals surface area contributed by atoms with Gasteiger partial charge in [-0.25, -0.2) is 0 Å². The molecular weight excluding hydrogens is 406 g/mol. The fourth-order valence-electron chi connectivity index (χ4n) is 3.38. The molecule has 2 aromatic rings. The standard InChI is InChI=1S/C26H33NO5/c1-18(25(30)31)16-22(27-23(28)14-15-24(29)32-26(2,3)4)17-19-10-12-21(13-11-19)20-8-6-5-7-9-20/h5-13,18,22H,14-17H2,1-4H3,(H,27,28)(H,30,31)/t18-,22+/m1/s1. The van der Waals surface area contributed by atoms with E-state index in [1.165, 1.54) is 0 Å². The number of benzene rings is 2. The van der Waals surface area contributed by atoms with Crippen molar-refractivity contribution in [1.82, 2.24) is 5.32 Å². The van der Waals surface area contributed by atoms with E-state index in [0.29, 0.717) is 12.8 Å². The molecule has 2 atom stereocenters. The van der Waals surface area contributed by atoms with Crippen molar-refractivity contribution in [1.29, 1.82) is 0 Å². The molecule has 0 aliphatic rings. The van der Waals surface area contributed by atoms with Gasteiger partial charge in [0.05, 0.1) is 12.3 Å². The van der Waals surface area contributed by atoms with Gasteiger partial charge >= 0.3 is 11.9 Å². The Balaban J connectivity index is 2.01. The zero-order chi connectivity index (χ0) is 23.7. The monoisotopic (exact) mass is 439 g/mol. The highest BCUT2D eigenvalue weighted by Gasteiger charge is 2.22. The van der Waals surface area contributed by atoms with Crippen LogP contribution in [0.15, 0.2) is 54.6 Å². The minimum Gasteiger partial charge on any atom is -0.481 e. The summed E-state index contributed by atoms with van der Waals surface area (Å²) < 4.78 is 5.24. The number of nitrogens with one attached hydrogen (secondary N) is 1. The summed E-state index contributed by atoms with van der Waals surface area (Å²) in [5.74, 6) is -2.23. The van der Waals surface area contributed by atoms with Crippen molar-refractivity contribution in [2.24, 2.45) is 5.92 Å². The van der Waals surface area contributed by atoms with E-state index in [1.54, 1.807) is 27.7 Å². The summed E-state index contributed by atoms with van der Waals surface area (Å²) in [7, 11) is 0. The maximum Gasteiger partial charge on any atom is 0.306 e. The Morgan fingerprint density at radius 1 is 0.938 bits per heavy atom. The van der Waals surface area contributed by atoms with Crippen molar-refractivity contribution in [3.63, 3.8) is 0 Å². The predicted molar refractivity (Wildman–Crippen MR) is 124 cm³/mol. The maximum absolute atomic E-state index is 12.4. The molecule has 0 unspecified atom stereocenters. The zero-order valence-electron chi connectivity index (χ0n) is 19.3. The summed E-state index contributed by atoms with van der Waals surface area (Å²) in [6, 6.07) is 17.7. The average Bonchev–Trinajstić information content (AvgIpc) is 2.72. The number of rotatable bonds is 10. The number of amides is 1. The number of carboxylic acid groups (broad SMARTS) is 1. The van der Waals surface area contributed by atoms with Crippen molar-refractivity contribution >= 4 is 17.8 Å². The molecule has 0 spiro atoms. The molecular formula is C26H33NO5. The molecule has 0 aromatic heterocycles. The summed E-state index contributed by atoms with van der Waals surface area (Å²) in [5.41, 5.74) is 2.61. The van der Waals surface area contributed by atoms with Crippen molar-refractivity contribution in [2.75, 3.05) is 0 Å². The molecule has 0 fully saturated rings. The summed E-state index contributed by atoms with van der Waals surface area (Å²) in [4.78, 5) is 35.7. The third kappa shape index (κ3) is 8.92. The molecule has 2 N–H and O–H groups in total. The van der Waals surface area contributed by atoms with Crippen LogP contribution in [-0.4, -0.2) is 34.6 Å². The van der Waals surface area contributed by atoms with Crippen LogP contribution in [0.4, 0.5) is 0 Å². The molecule has 2 rings (SSSR count). The second kappa shape index (κ2) is 11.5. The number of hydrogen-bond donors (Lipinski definition) is 2. The van der Waals surface area contributed by atoms with E-state index in [0.717, 1.165) is 16.7 Å². The first-order chi connectivity index (χ1) is 15.0. The lowest BCUT2D eigenvalue weighted by atomic mass is 9.95. The van der Waals surface area contributed by atoms with Crippen LogP contribution in [0.25, 0.3) is 11.1 Å². The van der Waals surface area contributed by atoms with Crippen LogP contribution < -0.4 is 5.32 Å². The summed E-state index contributed by atoms with van der Waals surface area (Å²) in [6.45, 7) is 6.95. The van der Waals surface area contributed by atoms with E-state index in [-0.39, 0.29) is 24.8 Å². The lowest BCUT2D eigenvalue weighted by Gasteiger charge is -2.22. The molecule has 172 valence electrons. The molecule has 6 nitrogen and oxygen atoms in total. The molecule has 0 saturated heterocycles. The van der Waals surface area contributed by atoms with E-state index in [4.69, 9.17) is 4.74 Å². The van der Waals surface area contributed by atoms with Crippen LogP contribution in [0.1, 0.15) is 52.5 Å². The largest absolute Gasteiger partial charge is 0.481 e. The van der Waals surface area contributed by atoms with Gasteiger partial charge in [0.25, 0.3) is 0 Å². The molecule has 0 bridgehead atoms. The Morgan fingerprint density at radius 3 is 2.09 bits per heavy atom. The van der Waals surface area contributed by atoms with Gasteiger partial charge in [0, 0.05) is 12.5 Å². The van der Waals surface area contributed by atoms with Crippen LogP contribution in [0.2, 0.25) is 0 Å². The van der Waals surface area contributed by atoms with Gasteiger partial charge in [-0.2, -0.15) is 0 Å². The highest BCUT2D eigenvalue weighted by atomic mass is 16.6. The number of aliphatic carboxylic acids is 1. The fourth-order valence-corrected chi connectivity index (χ4v) is 3.38. The first-order valence-electron chi connectivity index (χ1n) is 10.9. The van der Waals surface area contributed by atoms with Gasteiger partial charge in [-0.05, 0) is 50.3 Å². The second-order valence-corrected chi connectivity index (χ2v) is 9.09. The summed E-state index contributed by atoms with van der Waals surface area (Å²) >= 11 is 0. The summed E-state index contributed by atoms with van der Waals surface area (Å²) in [5, 5.41) is 12.2. The number of ether oxygens (including phenoxy) is 1. The first-order valence-corrected chi connectivity index (χ1v) is 10.9. The topological polar surface area (TPSA) is 92.7 Å². The van der Waals surface area contributed by atoms with Crippen LogP contribution in [0.3, 0.4) is 0 Å². The van der Waals surface area contributed by atoms with Crippen LogP contribution >= 0.6 is 0 Å². The minimum absolute atomic E-state index is 0.000188. The molecule has 0 radical (unpaired) electrons. The Hall–Kier alpha value is -3.15. The van der Waals surface area contributed by atoms with Gasteiger partial charge < -0.3 is 15.2 Å². The molecule has 0 aliphatic carbocycles. The maximum atomic E-state index is 12.4. The first kappa shape index (κ1) is 25.1. The van der Waals surface area contributed by atoms with Crippen LogP contribution in [0, 0.1) is 5.92 Å². The number of esters is 1. The lowest BCUT2D eigenvalue weighted by molar-refractivity contribution is -0.155. The molecule has 0 heterocycles. The van der Waals surface area contributed by atoms with Gasteiger partial charge in [-0.1, -0.05) is 61.5 Å². The third-order valence-electron chi connectivity index (χ3n) is 4.94. The molecule has 32 heavy (non-hydrogen) atoms. The Kier molecular flexibility index (Phi) is 9.00. The van der Waals surface area contributed by atoms with E-state index in [2.05, 4.69) is 5.32 Å². The van der Waals surface area contributed by atoms with Crippen LogP contribution in [-0.2, 0) is 25.5 Å². The third-order valence-corrected chi connectivity index (χ3v) is 4.94. The molecule has 2 aromatic carbocycles. The molecule has 6 heteroatoms. The zero-order valence-corrected chi connectivity index (χ0v) is 19.3. The fraction of sp³-hybridized carbons (Fsp3) is 0.423. The number of carbonyl (C=O) groups is 3. The van der Waals surface area contributed by atoms with E-state index in [9.17, 15) is 19.5 Å². The predicted octanol–water partition coefficient (Wildman–Crippen LogP) is 4.61. The Bertz CT molecular complexity index is 900. The summed E-state index contributed by atoms with van der Waals surface area (Å²) in [6.07, 6.45) is 0.786. The number of carbonyl (C=O) groups excluding carboxylic acids is 2. The van der Waals surface area contributed by atoms with E-state index < -0.39 is 23.5 Å². The van der Waals surface area contributed by atoms with E-state index in [1.807, 2.05) is 54.6 Å². The van der Waals surface area contributed by atoms with Gasteiger partial charge in [-0.3, -0.25) is 14.4 Å². The quantitative estimate of drug-likeness (QED) is 0.527. The second-order valence-electron chi connectivity index (χ2n) is 9.09. The highest BCUT2D eigenvalue weighted by molar-refractivity contribution is 5.81. The highest BCUT2D eigenvalue weighted by Crippen LogP contribution is 2.21. The van der Waals surface area contributed by atoms with Gasteiger partial charge in [0.1, 0.15) is 5.60 Å². The van der Waals surface area contributed by atoms with Gasteiger partial charge in [0.2, 0.25) is 5.91 Å². The van der Waals surface area contributed by atoms with Gasteiger partial charge in [0.15, 0.2) is 0 Å². The van der Waals surface area contributed by atoms with Gasteiger partial charge in [-0.15, -0.1) is 0 Å². The normalized spacial score (nSPS) is 13.1.